The minimum atomic E-state index is 0.0412. The first kappa shape index (κ1) is 17.1. The van der Waals surface area contributed by atoms with Crippen molar-refractivity contribution in [2.75, 3.05) is 32.1 Å². The van der Waals surface area contributed by atoms with Gasteiger partial charge in [-0.2, -0.15) is 0 Å². The summed E-state index contributed by atoms with van der Waals surface area (Å²) < 4.78 is 1.13. The number of nitrogens with zero attached hydrogens (tertiary/aromatic N) is 3. The molecule has 0 saturated heterocycles. The van der Waals surface area contributed by atoms with E-state index in [0.29, 0.717) is 6.54 Å². The predicted molar refractivity (Wildman–Crippen MR) is 104 cm³/mol. The number of carbonyl (C=O) groups is 1. The molecule has 1 amide bonds. The van der Waals surface area contributed by atoms with Gasteiger partial charge in [-0.3, -0.25) is 9.69 Å². The maximum absolute atomic E-state index is 12.9. The van der Waals surface area contributed by atoms with Crippen LogP contribution in [0.1, 0.15) is 21.7 Å². The van der Waals surface area contributed by atoms with E-state index in [4.69, 9.17) is 4.98 Å². The Morgan fingerprint density at radius 1 is 1.21 bits per heavy atom. The first-order valence-electron chi connectivity index (χ1n) is 7.92. The fraction of sp³-hybridized carbons (Fsp3) is 0.333. The van der Waals surface area contributed by atoms with Crippen molar-refractivity contribution in [3.63, 3.8) is 0 Å². The van der Waals surface area contributed by atoms with Gasteiger partial charge in [0, 0.05) is 6.54 Å². The number of hydrogen-bond acceptors (Lipinski definition) is 5. The van der Waals surface area contributed by atoms with Gasteiger partial charge < -0.3 is 4.90 Å². The Kier molecular flexibility index (Phi) is 5.28. The van der Waals surface area contributed by atoms with E-state index in [1.165, 1.54) is 16.9 Å². The SMILES string of the molecule is Cc1ccc2nc(N(CCCN(C)C)C(=O)c3cccs3)sc2c1. The van der Waals surface area contributed by atoms with Gasteiger partial charge in [-0.25, -0.2) is 4.98 Å². The van der Waals surface area contributed by atoms with Gasteiger partial charge in [0.2, 0.25) is 0 Å². The van der Waals surface area contributed by atoms with E-state index >= 15 is 0 Å². The maximum atomic E-state index is 12.9. The quantitative estimate of drug-likeness (QED) is 0.660. The summed E-state index contributed by atoms with van der Waals surface area (Å²) in [6.45, 7) is 3.69. The second kappa shape index (κ2) is 7.42. The fourth-order valence-corrected chi connectivity index (χ4v) is 4.26. The normalized spacial score (nSPS) is 11.3. The molecule has 0 spiro atoms. The number of carbonyl (C=O) groups excluding carboxylic acids is 1. The molecule has 0 aliphatic rings. The number of anilines is 1. The van der Waals surface area contributed by atoms with Crippen LogP contribution in [0.4, 0.5) is 5.13 Å². The van der Waals surface area contributed by atoms with Crippen LogP contribution in [0, 0.1) is 6.92 Å². The molecule has 0 bridgehead atoms. The minimum absolute atomic E-state index is 0.0412. The summed E-state index contributed by atoms with van der Waals surface area (Å²) in [5.74, 6) is 0.0412. The largest absolute Gasteiger partial charge is 0.309 e. The number of rotatable bonds is 6. The summed E-state index contributed by atoms with van der Waals surface area (Å²) in [7, 11) is 4.10. The summed E-state index contributed by atoms with van der Waals surface area (Å²) in [5.41, 5.74) is 2.17. The number of hydrogen-bond donors (Lipinski definition) is 0. The van der Waals surface area contributed by atoms with Crippen LogP contribution in [-0.2, 0) is 0 Å². The Hall–Kier alpha value is -1.76. The molecule has 2 heterocycles. The molecule has 0 radical (unpaired) electrons. The third-order valence-electron chi connectivity index (χ3n) is 3.73. The van der Waals surface area contributed by atoms with E-state index in [1.54, 1.807) is 11.3 Å². The summed E-state index contributed by atoms with van der Waals surface area (Å²) in [5, 5.41) is 2.72. The molecule has 0 atom stereocenters. The van der Waals surface area contributed by atoms with Crippen molar-refractivity contribution in [1.82, 2.24) is 9.88 Å². The second-order valence-corrected chi connectivity index (χ2v) is 8.02. The zero-order valence-electron chi connectivity index (χ0n) is 14.2. The van der Waals surface area contributed by atoms with Gasteiger partial charge >= 0.3 is 0 Å². The molecule has 126 valence electrons. The molecule has 3 rings (SSSR count). The van der Waals surface area contributed by atoms with Crippen LogP contribution < -0.4 is 4.90 Å². The summed E-state index contributed by atoms with van der Waals surface area (Å²) in [6.07, 6.45) is 0.916. The van der Waals surface area contributed by atoms with E-state index < -0.39 is 0 Å². The van der Waals surface area contributed by atoms with Crippen LogP contribution in [0.2, 0.25) is 0 Å². The highest BCUT2D eigenvalue weighted by Gasteiger charge is 2.21. The number of amides is 1. The van der Waals surface area contributed by atoms with E-state index in [1.807, 2.05) is 42.6 Å². The van der Waals surface area contributed by atoms with Gasteiger partial charge in [-0.15, -0.1) is 11.3 Å². The number of thiazole rings is 1. The van der Waals surface area contributed by atoms with Crippen LogP contribution in [0.5, 0.6) is 0 Å². The highest BCUT2D eigenvalue weighted by atomic mass is 32.1. The zero-order chi connectivity index (χ0) is 17.1. The van der Waals surface area contributed by atoms with Gasteiger partial charge in [-0.05, 0) is 63.1 Å². The molecular formula is C18H21N3OS2. The molecule has 0 aliphatic heterocycles. The van der Waals surface area contributed by atoms with Crippen LogP contribution in [0.15, 0.2) is 35.7 Å². The van der Waals surface area contributed by atoms with E-state index in [0.717, 1.165) is 33.2 Å². The molecular weight excluding hydrogens is 338 g/mol. The lowest BCUT2D eigenvalue weighted by molar-refractivity contribution is 0.0990. The first-order valence-corrected chi connectivity index (χ1v) is 9.61. The van der Waals surface area contributed by atoms with Crippen molar-refractivity contribution in [2.45, 2.75) is 13.3 Å². The zero-order valence-corrected chi connectivity index (χ0v) is 15.8. The molecule has 0 saturated carbocycles. The number of aryl methyl sites for hydroxylation is 1. The van der Waals surface area contributed by atoms with Crippen molar-refractivity contribution >= 4 is 43.9 Å². The topological polar surface area (TPSA) is 36.4 Å². The molecule has 0 aliphatic carbocycles. The molecule has 0 N–H and O–H groups in total. The van der Waals surface area contributed by atoms with Gasteiger partial charge in [0.15, 0.2) is 5.13 Å². The van der Waals surface area contributed by atoms with Crippen molar-refractivity contribution < 1.29 is 4.79 Å². The van der Waals surface area contributed by atoms with Crippen molar-refractivity contribution in [2.24, 2.45) is 0 Å². The van der Waals surface area contributed by atoms with Gasteiger partial charge in [0.25, 0.3) is 5.91 Å². The van der Waals surface area contributed by atoms with Crippen molar-refractivity contribution in [3.8, 4) is 0 Å². The maximum Gasteiger partial charge on any atom is 0.270 e. The predicted octanol–water partition coefficient (Wildman–Crippen LogP) is 4.26. The smallest absolute Gasteiger partial charge is 0.270 e. The number of fused-ring (bicyclic) bond motifs is 1. The van der Waals surface area contributed by atoms with Crippen LogP contribution in [0.3, 0.4) is 0 Å². The van der Waals surface area contributed by atoms with Gasteiger partial charge in [0.1, 0.15) is 0 Å². The number of aromatic nitrogens is 1. The van der Waals surface area contributed by atoms with Crippen molar-refractivity contribution in [1.29, 1.82) is 0 Å². The Bertz CT molecular complexity index is 824. The molecule has 3 aromatic rings. The average Bonchev–Trinajstić information content (AvgIpc) is 3.19. The molecule has 0 unspecified atom stereocenters. The third-order valence-corrected chi connectivity index (χ3v) is 5.63. The highest BCUT2D eigenvalue weighted by Crippen LogP contribution is 2.31. The fourth-order valence-electron chi connectivity index (χ4n) is 2.50. The van der Waals surface area contributed by atoms with Crippen molar-refractivity contribution in [3.05, 3.63) is 46.2 Å². The lowest BCUT2D eigenvalue weighted by Gasteiger charge is -2.20. The molecule has 24 heavy (non-hydrogen) atoms. The number of benzene rings is 1. The molecule has 0 fully saturated rings. The van der Waals surface area contributed by atoms with E-state index in [-0.39, 0.29) is 5.91 Å². The lowest BCUT2D eigenvalue weighted by atomic mass is 10.2. The molecule has 4 nitrogen and oxygen atoms in total. The average molecular weight is 360 g/mol. The first-order chi connectivity index (χ1) is 11.5. The van der Waals surface area contributed by atoms with Crippen LogP contribution >= 0.6 is 22.7 Å². The highest BCUT2D eigenvalue weighted by molar-refractivity contribution is 7.22. The summed E-state index contributed by atoms with van der Waals surface area (Å²) in [4.78, 5) is 22.3. The number of thiophene rings is 1. The molecule has 1 aromatic carbocycles. The van der Waals surface area contributed by atoms with E-state index in [2.05, 4.69) is 24.0 Å². The summed E-state index contributed by atoms with van der Waals surface area (Å²) in [6, 6.07) is 10.0. The minimum Gasteiger partial charge on any atom is -0.309 e. The molecule has 6 heteroatoms. The monoisotopic (exact) mass is 359 g/mol. The van der Waals surface area contributed by atoms with Crippen LogP contribution in [-0.4, -0.2) is 43.0 Å². The van der Waals surface area contributed by atoms with E-state index in [9.17, 15) is 4.79 Å². The van der Waals surface area contributed by atoms with Gasteiger partial charge in [-0.1, -0.05) is 23.5 Å². The Labute approximate surface area is 150 Å². The third kappa shape index (κ3) is 3.83. The Balaban J connectivity index is 1.91. The Morgan fingerprint density at radius 2 is 2.04 bits per heavy atom. The summed E-state index contributed by atoms with van der Waals surface area (Å²) >= 11 is 3.07. The lowest BCUT2D eigenvalue weighted by Crippen LogP contribution is -2.32. The second-order valence-electron chi connectivity index (χ2n) is 6.06. The van der Waals surface area contributed by atoms with Crippen LogP contribution in [0.25, 0.3) is 10.2 Å². The Morgan fingerprint density at radius 3 is 2.75 bits per heavy atom. The standard InChI is InChI=1S/C18H21N3OS2/c1-13-7-8-14-16(12-13)24-18(19-14)21(10-5-9-20(2)3)17(22)15-6-4-11-23-15/h4,6-8,11-12H,5,9-10H2,1-3H3. The molecule has 2 aromatic heterocycles. The van der Waals surface area contributed by atoms with Gasteiger partial charge in [0.05, 0.1) is 15.1 Å².